The molecule has 1 saturated heterocycles. The number of nitrogens with zero attached hydrogens (tertiary/aromatic N) is 1. The molecule has 26 heavy (non-hydrogen) atoms. The molecule has 2 rings (SSSR count). The first-order chi connectivity index (χ1) is 12.4. The minimum atomic E-state index is -3.46. The van der Waals surface area contributed by atoms with Gasteiger partial charge in [0.05, 0.1) is 4.90 Å². The van der Waals surface area contributed by atoms with Crippen LogP contribution < -0.4 is 10.1 Å². The molecule has 0 unspecified atom stereocenters. The third kappa shape index (κ3) is 6.29. The fourth-order valence-corrected chi connectivity index (χ4v) is 4.36. The first kappa shape index (κ1) is 20.7. The van der Waals surface area contributed by atoms with Gasteiger partial charge in [-0.25, -0.2) is 8.42 Å². The number of hydrogen-bond donors (Lipinski definition) is 1. The first-order valence-electron chi connectivity index (χ1n) is 9.39. The Balaban J connectivity index is 1.88. The van der Waals surface area contributed by atoms with Crippen molar-refractivity contribution in [3.63, 3.8) is 0 Å². The third-order valence-electron chi connectivity index (χ3n) is 4.44. The van der Waals surface area contributed by atoms with Crippen molar-refractivity contribution in [2.24, 2.45) is 5.92 Å². The highest BCUT2D eigenvalue weighted by molar-refractivity contribution is 7.89. The summed E-state index contributed by atoms with van der Waals surface area (Å²) < 4.78 is 32.4. The van der Waals surface area contributed by atoms with Gasteiger partial charge in [-0.2, -0.15) is 4.31 Å². The molecule has 1 fully saturated rings. The van der Waals surface area contributed by atoms with Gasteiger partial charge in [-0.3, -0.25) is 4.79 Å². The van der Waals surface area contributed by atoms with Crippen molar-refractivity contribution in [2.75, 3.05) is 26.2 Å². The lowest BCUT2D eigenvalue weighted by Gasteiger charge is -2.20. The molecule has 1 aromatic rings. The van der Waals surface area contributed by atoms with Crippen LogP contribution >= 0.6 is 0 Å². The number of hydrogen-bond acceptors (Lipinski definition) is 4. The Bertz CT molecular complexity index is 663. The molecule has 0 aromatic heterocycles. The quantitative estimate of drug-likeness (QED) is 0.750. The molecule has 0 spiro atoms. The summed E-state index contributed by atoms with van der Waals surface area (Å²) in [5, 5.41) is 2.80. The van der Waals surface area contributed by atoms with Crippen molar-refractivity contribution >= 4 is 15.9 Å². The average Bonchev–Trinajstić information content (AvgIpc) is 2.90. The van der Waals surface area contributed by atoms with Crippen LogP contribution in [0.2, 0.25) is 0 Å². The van der Waals surface area contributed by atoms with Gasteiger partial charge in [0.15, 0.2) is 6.61 Å². The second kappa shape index (κ2) is 9.92. The molecule has 6 nitrogen and oxygen atoms in total. The van der Waals surface area contributed by atoms with Crippen LogP contribution in [0.15, 0.2) is 29.2 Å². The van der Waals surface area contributed by atoms with Crippen LogP contribution in [0.25, 0.3) is 0 Å². The number of rotatable bonds is 8. The number of amides is 1. The largest absolute Gasteiger partial charge is 0.484 e. The first-order valence-corrected chi connectivity index (χ1v) is 10.8. The van der Waals surface area contributed by atoms with Gasteiger partial charge in [-0.05, 0) is 49.4 Å². The molecule has 0 atom stereocenters. The maximum Gasteiger partial charge on any atom is 0.257 e. The minimum absolute atomic E-state index is 0.0731. The predicted molar refractivity (Wildman–Crippen MR) is 102 cm³/mol. The van der Waals surface area contributed by atoms with Crippen LogP contribution in [0.3, 0.4) is 0 Å². The van der Waals surface area contributed by atoms with Crippen molar-refractivity contribution in [3.8, 4) is 5.75 Å². The van der Waals surface area contributed by atoms with Crippen molar-refractivity contribution < 1.29 is 17.9 Å². The van der Waals surface area contributed by atoms with Gasteiger partial charge < -0.3 is 10.1 Å². The fourth-order valence-electron chi connectivity index (χ4n) is 2.84. The maximum absolute atomic E-state index is 12.7. The standard InChI is InChI=1S/C19H30N2O4S/c1-16(2)11-12-20-19(22)15-25-17-7-9-18(10-8-17)26(23,24)21-13-5-3-4-6-14-21/h7-10,16H,3-6,11-15H2,1-2H3,(H,20,22). The van der Waals surface area contributed by atoms with E-state index in [1.807, 2.05) is 0 Å². The van der Waals surface area contributed by atoms with E-state index in [-0.39, 0.29) is 17.4 Å². The van der Waals surface area contributed by atoms with E-state index >= 15 is 0 Å². The van der Waals surface area contributed by atoms with Gasteiger partial charge in [0, 0.05) is 19.6 Å². The summed E-state index contributed by atoms with van der Waals surface area (Å²) in [6.45, 7) is 5.92. The van der Waals surface area contributed by atoms with Gasteiger partial charge in [0.1, 0.15) is 5.75 Å². The van der Waals surface area contributed by atoms with Crippen LogP contribution in [-0.2, 0) is 14.8 Å². The van der Waals surface area contributed by atoms with E-state index in [1.54, 1.807) is 28.6 Å². The Kier molecular flexibility index (Phi) is 7.90. The Morgan fingerprint density at radius 3 is 2.31 bits per heavy atom. The van der Waals surface area contributed by atoms with Gasteiger partial charge in [-0.1, -0.05) is 26.7 Å². The summed E-state index contributed by atoms with van der Waals surface area (Å²) in [4.78, 5) is 12.0. The van der Waals surface area contributed by atoms with E-state index < -0.39 is 10.0 Å². The average molecular weight is 383 g/mol. The van der Waals surface area contributed by atoms with E-state index in [0.29, 0.717) is 31.3 Å². The van der Waals surface area contributed by atoms with Crippen LogP contribution in [0.4, 0.5) is 0 Å². The summed E-state index contributed by atoms with van der Waals surface area (Å²) in [5.74, 6) is 0.848. The molecule has 0 aliphatic carbocycles. The van der Waals surface area contributed by atoms with E-state index in [9.17, 15) is 13.2 Å². The van der Waals surface area contributed by atoms with E-state index in [1.165, 1.54) is 0 Å². The Morgan fingerprint density at radius 1 is 1.12 bits per heavy atom. The molecule has 7 heteroatoms. The number of carbonyl (C=O) groups is 1. The lowest BCUT2D eigenvalue weighted by molar-refractivity contribution is -0.123. The molecule has 1 aliphatic heterocycles. The fraction of sp³-hybridized carbons (Fsp3) is 0.632. The van der Waals surface area contributed by atoms with Crippen molar-refractivity contribution in [1.29, 1.82) is 0 Å². The zero-order valence-corrected chi connectivity index (χ0v) is 16.6. The Hall–Kier alpha value is -1.60. The third-order valence-corrected chi connectivity index (χ3v) is 6.35. The molecular weight excluding hydrogens is 352 g/mol. The van der Waals surface area contributed by atoms with Crippen LogP contribution in [0.5, 0.6) is 5.75 Å². The summed E-state index contributed by atoms with van der Waals surface area (Å²) in [7, 11) is -3.46. The highest BCUT2D eigenvalue weighted by Crippen LogP contribution is 2.22. The summed E-state index contributed by atoms with van der Waals surface area (Å²) in [6, 6.07) is 6.30. The number of ether oxygens (including phenoxy) is 1. The number of nitrogens with one attached hydrogen (secondary N) is 1. The molecule has 1 amide bonds. The monoisotopic (exact) mass is 382 g/mol. The van der Waals surface area contributed by atoms with Gasteiger partial charge >= 0.3 is 0 Å². The Morgan fingerprint density at radius 2 is 1.73 bits per heavy atom. The maximum atomic E-state index is 12.7. The molecule has 1 N–H and O–H groups in total. The second-order valence-corrected chi connectivity index (χ2v) is 9.05. The van der Waals surface area contributed by atoms with Crippen LogP contribution in [-0.4, -0.2) is 44.9 Å². The van der Waals surface area contributed by atoms with Gasteiger partial charge in [0.25, 0.3) is 5.91 Å². The highest BCUT2D eigenvalue weighted by atomic mass is 32.2. The number of sulfonamides is 1. The van der Waals surface area contributed by atoms with Crippen molar-refractivity contribution in [2.45, 2.75) is 50.8 Å². The highest BCUT2D eigenvalue weighted by Gasteiger charge is 2.24. The van der Waals surface area contributed by atoms with Gasteiger partial charge in [0.2, 0.25) is 10.0 Å². The number of carbonyl (C=O) groups excluding carboxylic acids is 1. The van der Waals surface area contributed by atoms with Crippen LogP contribution in [0, 0.1) is 5.92 Å². The summed E-state index contributed by atoms with van der Waals surface area (Å²) >= 11 is 0. The van der Waals surface area contributed by atoms with Crippen LogP contribution in [0.1, 0.15) is 46.0 Å². The molecule has 0 radical (unpaired) electrons. The smallest absolute Gasteiger partial charge is 0.257 e. The topological polar surface area (TPSA) is 75.7 Å². The van der Waals surface area contributed by atoms with Gasteiger partial charge in [-0.15, -0.1) is 0 Å². The zero-order valence-electron chi connectivity index (χ0n) is 15.7. The summed E-state index contributed by atoms with van der Waals surface area (Å²) in [6.07, 6.45) is 4.91. The van der Waals surface area contributed by atoms with E-state index in [0.717, 1.165) is 32.1 Å². The molecule has 1 aliphatic rings. The SMILES string of the molecule is CC(C)CCNC(=O)COc1ccc(S(=O)(=O)N2CCCCCC2)cc1. The lowest BCUT2D eigenvalue weighted by atomic mass is 10.1. The molecule has 146 valence electrons. The minimum Gasteiger partial charge on any atom is -0.484 e. The number of benzene rings is 1. The summed E-state index contributed by atoms with van der Waals surface area (Å²) in [5.41, 5.74) is 0. The van der Waals surface area contributed by atoms with E-state index in [2.05, 4.69) is 19.2 Å². The molecular formula is C19H30N2O4S. The second-order valence-electron chi connectivity index (χ2n) is 7.11. The van der Waals surface area contributed by atoms with Crippen molar-refractivity contribution in [1.82, 2.24) is 9.62 Å². The molecule has 1 heterocycles. The predicted octanol–water partition coefficient (Wildman–Crippen LogP) is 2.79. The lowest BCUT2D eigenvalue weighted by Crippen LogP contribution is -2.32. The Labute approximate surface area is 157 Å². The molecule has 1 aromatic carbocycles. The molecule has 0 bridgehead atoms. The normalized spacial score (nSPS) is 16.3. The zero-order chi connectivity index (χ0) is 19.0. The van der Waals surface area contributed by atoms with Crippen molar-refractivity contribution in [3.05, 3.63) is 24.3 Å². The van der Waals surface area contributed by atoms with E-state index in [4.69, 9.17) is 4.74 Å². The molecule has 0 saturated carbocycles.